The van der Waals surface area contributed by atoms with E-state index in [2.05, 4.69) is 25.4 Å². The van der Waals surface area contributed by atoms with Crippen LogP contribution in [0.3, 0.4) is 0 Å². The fraction of sp³-hybridized carbons (Fsp3) is 0.250. The summed E-state index contributed by atoms with van der Waals surface area (Å²) in [4.78, 5) is 17.7. The van der Waals surface area contributed by atoms with Gasteiger partial charge in [0, 0.05) is 10.0 Å². The van der Waals surface area contributed by atoms with Gasteiger partial charge in [0.15, 0.2) is 9.84 Å². The summed E-state index contributed by atoms with van der Waals surface area (Å²) in [6.07, 6.45) is -0.730. The van der Waals surface area contributed by atoms with E-state index in [1.165, 1.54) is 24.3 Å². The molecule has 0 saturated heterocycles. The Morgan fingerprint density at radius 2 is 1.38 bits per heavy atom. The zero-order valence-corrected chi connectivity index (χ0v) is 19.9. The van der Waals surface area contributed by atoms with Gasteiger partial charge < -0.3 is 9.79 Å². The molecule has 2 N–H and O–H groups in total. The zero-order chi connectivity index (χ0) is 24.4. The Kier molecular flexibility index (Phi) is 8.50. The molecule has 0 aliphatic carbocycles. The Morgan fingerprint density at radius 1 is 0.906 bits per heavy atom. The minimum Gasteiger partial charge on any atom is -0.320 e. The third kappa shape index (κ3) is 6.71. The van der Waals surface area contributed by atoms with E-state index >= 15 is 0 Å². The molecule has 0 aliphatic rings. The van der Waals surface area contributed by atoms with Gasteiger partial charge >= 0.3 is 20.9 Å². The van der Waals surface area contributed by atoms with Crippen molar-refractivity contribution in [3.63, 3.8) is 0 Å². The summed E-state index contributed by atoms with van der Waals surface area (Å²) in [6.45, 7) is 0. The number of benzene rings is 2. The highest BCUT2D eigenvalue weighted by Crippen LogP contribution is 2.60. The van der Waals surface area contributed by atoms with Crippen molar-refractivity contribution in [2.24, 2.45) is 0 Å². The van der Waals surface area contributed by atoms with Crippen LogP contribution in [0, 0.1) is 0 Å². The van der Waals surface area contributed by atoms with Crippen LogP contribution in [0.15, 0.2) is 46.9 Å². The first-order chi connectivity index (χ1) is 14.6. The smallest absolute Gasteiger partial charge is 0.320 e. The van der Waals surface area contributed by atoms with Gasteiger partial charge in [-0.25, -0.2) is 8.42 Å². The van der Waals surface area contributed by atoms with Gasteiger partial charge in [-0.2, -0.15) is 8.78 Å². The van der Waals surface area contributed by atoms with Crippen LogP contribution in [-0.2, 0) is 51.8 Å². The molecule has 0 aliphatic heterocycles. The minimum absolute atomic E-state index is 0.0832. The van der Waals surface area contributed by atoms with Crippen molar-refractivity contribution in [2.45, 2.75) is 23.3 Å². The third-order valence-electron chi connectivity index (χ3n) is 4.11. The lowest BCUT2D eigenvalue weighted by atomic mass is 10.1. The van der Waals surface area contributed by atoms with Gasteiger partial charge in [0.05, 0.1) is 17.7 Å². The van der Waals surface area contributed by atoms with E-state index in [-0.39, 0.29) is 21.2 Å². The topological polar surface area (TPSA) is 127 Å². The van der Waals surface area contributed by atoms with Gasteiger partial charge in [-0.1, -0.05) is 52.3 Å². The van der Waals surface area contributed by atoms with Crippen LogP contribution >= 0.6 is 31.1 Å². The lowest BCUT2D eigenvalue weighted by Crippen LogP contribution is -2.15. The predicted molar refractivity (Wildman–Crippen MR) is 109 cm³/mol. The van der Waals surface area contributed by atoms with Crippen LogP contribution < -0.4 is 0 Å². The van der Waals surface area contributed by atoms with Crippen molar-refractivity contribution in [3.05, 3.63) is 69.2 Å². The van der Waals surface area contributed by atoms with E-state index in [0.717, 1.165) is 18.2 Å². The molecule has 0 heterocycles. The SMILES string of the molecule is O=P(Cc1ccc(CS(=O)(=O)Cc2ccc(C(F)(F)P(=O)(O)O)c(Br)c2)cc1)(OF)OF. The van der Waals surface area contributed by atoms with Crippen molar-refractivity contribution in [3.8, 4) is 0 Å². The Bertz CT molecular complexity index is 1160. The van der Waals surface area contributed by atoms with Crippen LogP contribution in [0.2, 0.25) is 0 Å². The average molecular weight is 585 g/mol. The van der Waals surface area contributed by atoms with E-state index in [1.807, 2.05) is 0 Å². The van der Waals surface area contributed by atoms with E-state index in [0.29, 0.717) is 0 Å². The first-order valence-electron chi connectivity index (χ1n) is 8.33. The van der Waals surface area contributed by atoms with Crippen molar-refractivity contribution in [1.29, 1.82) is 0 Å². The second kappa shape index (κ2) is 10.0. The standard InChI is InChI=1S/C16H15BrF4O8P2S/c17-15-7-13(5-6-14(15)16(18,19)31(23,24)25)10-32(26,27)9-12-3-1-11(2-4-12)8-30(22,28-20)29-21/h1-7H,8-10H2,(H2,23,24,25). The molecule has 0 unspecified atom stereocenters. The van der Waals surface area contributed by atoms with Crippen LogP contribution in [0.25, 0.3) is 0 Å². The summed E-state index contributed by atoms with van der Waals surface area (Å²) in [7, 11) is -14.2. The molecule has 0 spiro atoms. The third-order valence-corrected chi connectivity index (χ3v) is 8.45. The molecule has 0 atom stereocenters. The van der Waals surface area contributed by atoms with E-state index in [4.69, 9.17) is 9.79 Å². The van der Waals surface area contributed by atoms with E-state index < -0.39 is 53.9 Å². The Labute approximate surface area is 188 Å². The second-order valence-corrected chi connectivity index (χ2v) is 13.0. The van der Waals surface area contributed by atoms with Gasteiger partial charge in [-0.15, -0.1) is 9.46 Å². The van der Waals surface area contributed by atoms with Gasteiger partial charge in [0.1, 0.15) is 0 Å². The molecule has 2 aromatic rings. The molecule has 0 radical (unpaired) electrons. The first kappa shape index (κ1) is 27.1. The number of sulfone groups is 1. The van der Waals surface area contributed by atoms with Crippen LogP contribution in [-0.4, -0.2) is 18.2 Å². The fourth-order valence-corrected chi connectivity index (χ4v) is 6.24. The highest BCUT2D eigenvalue weighted by atomic mass is 79.9. The molecule has 2 rings (SSSR count). The van der Waals surface area contributed by atoms with Gasteiger partial charge in [-0.05, 0) is 31.8 Å². The summed E-state index contributed by atoms with van der Waals surface area (Å²) < 4.78 is 105. The molecule has 0 saturated carbocycles. The molecular formula is C16H15BrF4O8P2S. The van der Waals surface area contributed by atoms with Gasteiger partial charge in [0.2, 0.25) is 0 Å². The number of hydrogen-bond donors (Lipinski definition) is 2. The summed E-state index contributed by atoms with van der Waals surface area (Å²) >= 11 is 2.78. The average Bonchev–Trinajstić information content (AvgIpc) is 2.67. The molecule has 0 amide bonds. The predicted octanol–water partition coefficient (Wildman–Crippen LogP) is 5.29. The Balaban J connectivity index is 2.15. The lowest BCUT2D eigenvalue weighted by molar-refractivity contribution is -0.0881. The van der Waals surface area contributed by atoms with Gasteiger partial charge in [-0.3, -0.25) is 9.13 Å². The maximum Gasteiger partial charge on any atom is 0.399 e. The van der Waals surface area contributed by atoms with Crippen molar-refractivity contribution < 1.29 is 54.6 Å². The number of alkyl halides is 2. The molecule has 8 nitrogen and oxygen atoms in total. The summed E-state index contributed by atoms with van der Waals surface area (Å²) in [5.41, 5.74) is -4.95. The van der Waals surface area contributed by atoms with Crippen LogP contribution in [0.4, 0.5) is 17.8 Å². The molecule has 32 heavy (non-hydrogen) atoms. The second-order valence-electron chi connectivity index (χ2n) is 6.66. The maximum atomic E-state index is 13.9. The van der Waals surface area contributed by atoms with Gasteiger partial charge in [0.25, 0.3) is 0 Å². The molecular weight excluding hydrogens is 570 g/mol. The number of hydrogen-bond acceptors (Lipinski definition) is 6. The quantitative estimate of drug-likeness (QED) is 0.285. The molecule has 2 aromatic carbocycles. The molecule has 16 heteroatoms. The summed E-state index contributed by atoms with van der Waals surface area (Å²) in [5, 5.41) is 0. The van der Waals surface area contributed by atoms with E-state index in [1.54, 1.807) is 0 Å². The molecule has 0 aromatic heterocycles. The van der Waals surface area contributed by atoms with Crippen LogP contribution in [0.1, 0.15) is 22.3 Å². The highest BCUT2D eigenvalue weighted by molar-refractivity contribution is 9.10. The highest BCUT2D eigenvalue weighted by Gasteiger charge is 2.51. The molecule has 0 fully saturated rings. The minimum atomic E-state index is -5.80. The normalized spacial score (nSPS) is 13.3. The molecule has 0 bridgehead atoms. The Hall–Kier alpha value is -1.11. The summed E-state index contributed by atoms with van der Waals surface area (Å²) in [5.74, 6) is -1.06. The fourth-order valence-electron chi connectivity index (χ4n) is 2.63. The van der Waals surface area contributed by atoms with Crippen LogP contribution in [0.5, 0.6) is 0 Å². The summed E-state index contributed by atoms with van der Waals surface area (Å²) in [6, 6.07) is 7.92. The van der Waals surface area contributed by atoms with E-state index in [9.17, 15) is 35.4 Å². The van der Waals surface area contributed by atoms with Crippen molar-refractivity contribution >= 4 is 41.0 Å². The Morgan fingerprint density at radius 3 is 1.84 bits per heavy atom. The monoisotopic (exact) mass is 584 g/mol. The van der Waals surface area contributed by atoms with Crippen molar-refractivity contribution in [1.82, 2.24) is 0 Å². The number of halogens is 5. The number of rotatable bonds is 10. The largest absolute Gasteiger partial charge is 0.399 e. The molecule has 178 valence electrons. The first-order valence-corrected chi connectivity index (χ1v) is 14.3. The maximum absolute atomic E-state index is 13.9. The zero-order valence-electron chi connectivity index (χ0n) is 15.7. The lowest BCUT2D eigenvalue weighted by Gasteiger charge is -2.19. The van der Waals surface area contributed by atoms with Crippen molar-refractivity contribution in [2.75, 3.05) is 0 Å².